The van der Waals surface area contributed by atoms with E-state index in [-0.39, 0.29) is 11.8 Å². The van der Waals surface area contributed by atoms with Gasteiger partial charge in [0.1, 0.15) is 0 Å². The highest BCUT2D eigenvalue weighted by molar-refractivity contribution is 6.05. The Morgan fingerprint density at radius 1 is 1.09 bits per heavy atom. The van der Waals surface area contributed by atoms with Gasteiger partial charge in [-0.1, -0.05) is 32.9 Å². The number of nitrogens with zero attached hydrogens (tertiary/aromatic N) is 4. The quantitative estimate of drug-likeness (QED) is 0.584. The summed E-state index contributed by atoms with van der Waals surface area (Å²) in [5.74, 6) is 0.488. The predicted octanol–water partition coefficient (Wildman–Crippen LogP) is 3.93. The van der Waals surface area contributed by atoms with Gasteiger partial charge in [-0.25, -0.2) is 4.98 Å². The molecule has 2 amide bonds. The predicted molar refractivity (Wildman–Crippen MR) is 128 cm³/mol. The average molecular weight is 434 g/mol. The number of anilines is 2. The molecule has 32 heavy (non-hydrogen) atoms. The molecule has 0 unspecified atom stereocenters. The number of imidazole rings is 1. The molecule has 0 bridgehead atoms. The van der Waals surface area contributed by atoms with E-state index in [0.717, 1.165) is 54.9 Å². The van der Waals surface area contributed by atoms with E-state index in [1.54, 1.807) is 6.07 Å². The fraction of sp³-hybridized carbons (Fsp3) is 0.400. The summed E-state index contributed by atoms with van der Waals surface area (Å²) in [5.41, 5.74) is 4.41. The van der Waals surface area contributed by atoms with Crippen LogP contribution in [0.2, 0.25) is 0 Å². The number of benzene rings is 2. The number of para-hydroxylation sites is 2. The highest BCUT2D eigenvalue weighted by Gasteiger charge is 2.25. The molecule has 2 aromatic carbocycles. The Morgan fingerprint density at radius 3 is 2.62 bits per heavy atom. The summed E-state index contributed by atoms with van der Waals surface area (Å²) in [5, 5.41) is 3.03. The number of carbonyl (C=O) groups is 2. The maximum atomic E-state index is 13.1. The van der Waals surface area contributed by atoms with Crippen LogP contribution in [-0.4, -0.2) is 52.4 Å². The van der Waals surface area contributed by atoms with E-state index < -0.39 is 0 Å². The lowest BCUT2D eigenvalue weighted by atomic mass is 10.1. The van der Waals surface area contributed by atoms with Crippen molar-refractivity contribution in [2.45, 2.75) is 40.2 Å². The summed E-state index contributed by atoms with van der Waals surface area (Å²) >= 11 is 0. The van der Waals surface area contributed by atoms with Crippen molar-refractivity contribution in [3.05, 3.63) is 53.6 Å². The Bertz CT molecular complexity index is 1130. The third kappa shape index (κ3) is 4.25. The zero-order chi connectivity index (χ0) is 22.7. The molecule has 7 heteroatoms. The SMILES string of the molecule is CCC(=O)N1CCc2cc(C(=O)Nc3nc4ccccc4n3CCN(CC)CC)ccc21. The Balaban J connectivity index is 1.58. The lowest BCUT2D eigenvalue weighted by Crippen LogP contribution is -2.28. The zero-order valence-electron chi connectivity index (χ0n) is 19.1. The number of fused-ring (bicyclic) bond motifs is 2. The second-order valence-electron chi connectivity index (χ2n) is 8.05. The van der Waals surface area contributed by atoms with Gasteiger partial charge in [-0.15, -0.1) is 0 Å². The van der Waals surface area contributed by atoms with Crippen LogP contribution >= 0.6 is 0 Å². The van der Waals surface area contributed by atoms with Crippen LogP contribution in [0.1, 0.15) is 43.1 Å². The first kappa shape index (κ1) is 22.0. The van der Waals surface area contributed by atoms with Crippen molar-refractivity contribution in [2.75, 3.05) is 36.4 Å². The van der Waals surface area contributed by atoms with E-state index in [1.807, 2.05) is 48.2 Å². The molecule has 2 heterocycles. The smallest absolute Gasteiger partial charge is 0.257 e. The molecule has 1 aromatic heterocycles. The van der Waals surface area contributed by atoms with Crippen LogP contribution in [0.15, 0.2) is 42.5 Å². The number of carbonyl (C=O) groups excluding carboxylic acids is 2. The highest BCUT2D eigenvalue weighted by atomic mass is 16.2. The van der Waals surface area contributed by atoms with Gasteiger partial charge in [0.2, 0.25) is 11.9 Å². The van der Waals surface area contributed by atoms with Gasteiger partial charge >= 0.3 is 0 Å². The number of rotatable bonds is 8. The fourth-order valence-corrected chi connectivity index (χ4v) is 4.35. The largest absolute Gasteiger partial charge is 0.312 e. The van der Waals surface area contributed by atoms with Crippen LogP contribution < -0.4 is 10.2 Å². The molecular formula is C25H31N5O2. The Kier molecular flexibility index (Phi) is 6.55. The molecule has 0 fully saturated rings. The third-order valence-corrected chi connectivity index (χ3v) is 6.25. The van der Waals surface area contributed by atoms with E-state index in [0.29, 0.717) is 24.5 Å². The second-order valence-corrected chi connectivity index (χ2v) is 8.05. The molecule has 0 saturated heterocycles. The van der Waals surface area contributed by atoms with Crippen LogP contribution in [0.25, 0.3) is 11.0 Å². The van der Waals surface area contributed by atoms with Crippen LogP contribution in [0.4, 0.5) is 11.6 Å². The number of hydrogen-bond acceptors (Lipinski definition) is 4. The molecule has 0 radical (unpaired) electrons. The van der Waals surface area contributed by atoms with Crippen molar-refractivity contribution in [1.29, 1.82) is 0 Å². The summed E-state index contributed by atoms with van der Waals surface area (Å²) < 4.78 is 2.08. The maximum absolute atomic E-state index is 13.1. The molecule has 3 aromatic rings. The summed E-state index contributed by atoms with van der Waals surface area (Å²) in [4.78, 5) is 34.1. The molecule has 0 atom stereocenters. The normalized spacial score (nSPS) is 13.1. The van der Waals surface area contributed by atoms with Gasteiger partial charge < -0.3 is 14.4 Å². The van der Waals surface area contributed by atoms with Gasteiger partial charge in [0, 0.05) is 37.3 Å². The molecule has 168 valence electrons. The van der Waals surface area contributed by atoms with Crippen molar-refractivity contribution in [2.24, 2.45) is 0 Å². The Labute approximate surface area is 189 Å². The van der Waals surface area contributed by atoms with E-state index in [1.165, 1.54) is 0 Å². The van der Waals surface area contributed by atoms with Gasteiger partial charge in [0.25, 0.3) is 5.91 Å². The summed E-state index contributed by atoms with van der Waals surface area (Å²) in [7, 11) is 0. The van der Waals surface area contributed by atoms with Crippen LogP contribution in [0.3, 0.4) is 0 Å². The maximum Gasteiger partial charge on any atom is 0.257 e. The van der Waals surface area contributed by atoms with Gasteiger partial charge in [0.05, 0.1) is 11.0 Å². The Morgan fingerprint density at radius 2 is 1.88 bits per heavy atom. The van der Waals surface area contributed by atoms with E-state index in [2.05, 4.69) is 33.6 Å². The van der Waals surface area contributed by atoms with Crippen molar-refractivity contribution in [3.63, 3.8) is 0 Å². The van der Waals surface area contributed by atoms with Gasteiger partial charge in [-0.05, 0) is 55.4 Å². The standard InChI is InChI=1S/C25H31N5O2/c1-4-23(31)29-14-13-18-17-19(11-12-21(18)29)24(32)27-25-26-20-9-7-8-10-22(20)30(25)16-15-28(5-2)6-3/h7-12,17H,4-6,13-16H2,1-3H3,(H,26,27,32). The first-order valence-electron chi connectivity index (χ1n) is 11.5. The van der Waals surface area contributed by atoms with Crippen LogP contribution in [0.5, 0.6) is 0 Å². The van der Waals surface area contributed by atoms with Crippen molar-refractivity contribution in [3.8, 4) is 0 Å². The van der Waals surface area contributed by atoms with Crippen molar-refractivity contribution >= 4 is 34.5 Å². The summed E-state index contributed by atoms with van der Waals surface area (Å²) in [6.45, 7) is 10.5. The van der Waals surface area contributed by atoms with E-state index in [4.69, 9.17) is 0 Å². The number of hydrogen-bond donors (Lipinski definition) is 1. The first-order valence-corrected chi connectivity index (χ1v) is 11.5. The molecule has 4 rings (SSSR count). The third-order valence-electron chi connectivity index (χ3n) is 6.25. The first-order chi connectivity index (χ1) is 15.5. The number of aromatic nitrogens is 2. The minimum Gasteiger partial charge on any atom is -0.312 e. The molecule has 1 N–H and O–H groups in total. The minimum absolute atomic E-state index is 0.114. The fourth-order valence-electron chi connectivity index (χ4n) is 4.35. The van der Waals surface area contributed by atoms with Crippen molar-refractivity contribution in [1.82, 2.24) is 14.5 Å². The Hall–Kier alpha value is -3.19. The number of likely N-dealkylation sites (N-methyl/N-ethyl adjacent to an activating group) is 1. The second kappa shape index (κ2) is 9.53. The molecule has 1 aliphatic rings. The van der Waals surface area contributed by atoms with Gasteiger partial charge in [-0.2, -0.15) is 0 Å². The molecule has 0 saturated carbocycles. The molecule has 0 aliphatic carbocycles. The van der Waals surface area contributed by atoms with Crippen LogP contribution in [-0.2, 0) is 17.8 Å². The molecular weight excluding hydrogens is 402 g/mol. The van der Waals surface area contributed by atoms with E-state index >= 15 is 0 Å². The summed E-state index contributed by atoms with van der Waals surface area (Å²) in [6.07, 6.45) is 1.25. The topological polar surface area (TPSA) is 70.5 Å². The molecule has 7 nitrogen and oxygen atoms in total. The highest BCUT2D eigenvalue weighted by Crippen LogP contribution is 2.30. The average Bonchev–Trinajstić information content (AvgIpc) is 3.40. The van der Waals surface area contributed by atoms with Gasteiger partial charge in [-0.3, -0.25) is 14.9 Å². The monoisotopic (exact) mass is 433 g/mol. The lowest BCUT2D eigenvalue weighted by molar-refractivity contribution is -0.118. The van der Waals surface area contributed by atoms with Crippen LogP contribution in [0, 0.1) is 0 Å². The number of nitrogens with one attached hydrogen (secondary N) is 1. The summed E-state index contributed by atoms with van der Waals surface area (Å²) in [6, 6.07) is 13.5. The molecule has 0 spiro atoms. The van der Waals surface area contributed by atoms with Crippen molar-refractivity contribution < 1.29 is 9.59 Å². The van der Waals surface area contributed by atoms with E-state index in [9.17, 15) is 9.59 Å². The molecule has 1 aliphatic heterocycles. The minimum atomic E-state index is -0.188. The lowest BCUT2D eigenvalue weighted by Gasteiger charge is -2.19. The number of amides is 2. The van der Waals surface area contributed by atoms with Gasteiger partial charge in [0.15, 0.2) is 0 Å². The zero-order valence-corrected chi connectivity index (χ0v) is 19.1.